The molecule has 2 atom stereocenters. The van der Waals surface area contributed by atoms with E-state index in [1.807, 2.05) is 6.92 Å². The van der Waals surface area contributed by atoms with Gasteiger partial charge in [0.1, 0.15) is 5.82 Å². The molecule has 1 aromatic rings. The van der Waals surface area contributed by atoms with E-state index >= 15 is 0 Å². The normalized spacial score (nSPS) is 19.8. The van der Waals surface area contributed by atoms with E-state index in [1.54, 1.807) is 0 Å². The van der Waals surface area contributed by atoms with Gasteiger partial charge in [-0.05, 0) is 37.0 Å². The number of carbonyl (C=O) groups is 3. The second kappa shape index (κ2) is 8.80. The molecule has 2 rings (SSSR count). The minimum absolute atomic E-state index is 0.0206. The van der Waals surface area contributed by atoms with Crippen LogP contribution in [-0.2, 0) is 9.53 Å². The highest BCUT2D eigenvalue weighted by molar-refractivity contribution is 6.30. The maximum atomic E-state index is 13.6. The summed E-state index contributed by atoms with van der Waals surface area (Å²) in [4.78, 5) is 35.2. The standard InChI is InChI=1S/C17H20ClFN2O4/c1-10-4-2-3-5-14(10)20-17(24)21-15(22)9-25-16(23)12-7-6-11(18)8-13(12)19/h6-8,10,14H,2-5,9H2,1H3,(H2,20,21,22,24)/t10-,14-/m0/s1. The number of ether oxygens (including phenoxy) is 1. The molecule has 1 aromatic carbocycles. The first-order valence-corrected chi connectivity index (χ1v) is 8.47. The predicted octanol–water partition coefficient (Wildman–Crippen LogP) is 3.04. The monoisotopic (exact) mass is 370 g/mol. The molecule has 0 spiro atoms. The zero-order valence-electron chi connectivity index (χ0n) is 13.8. The van der Waals surface area contributed by atoms with Crippen molar-refractivity contribution in [1.82, 2.24) is 10.6 Å². The van der Waals surface area contributed by atoms with Gasteiger partial charge in [0.15, 0.2) is 6.61 Å². The van der Waals surface area contributed by atoms with Gasteiger partial charge in [-0.3, -0.25) is 10.1 Å². The first-order valence-electron chi connectivity index (χ1n) is 8.09. The van der Waals surface area contributed by atoms with Crippen LogP contribution >= 0.6 is 11.6 Å². The fraction of sp³-hybridized carbons (Fsp3) is 0.471. The Morgan fingerprint density at radius 1 is 1.28 bits per heavy atom. The molecule has 0 unspecified atom stereocenters. The van der Waals surface area contributed by atoms with Crippen LogP contribution in [0.5, 0.6) is 0 Å². The molecule has 8 heteroatoms. The average molecular weight is 371 g/mol. The Labute approximate surface area is 150 Å². The molecule has 2 N–H and O–H groups in total. The van der Waals surface area contributed by atoms with Crippen molar-refractivity contribution in [2.24, 2.45) is 5.92 Å². The number of halogens is 2. The lowest BCUT2D eigenvalue weighted by Crippen LogP contribution is -2.48. The Morgan fingerprint density at radius 2 is 2.00 bits per heavy atom. The molecule has 1 aliphatic rings. The molecule has 0 saturated heterocycles. The van der Waals surface area contributed by atoms with E-state index in [-0.39, 0.29) is 16.6 Å². The SMILES string of the molecule is C[C@H]1CCCC[C@@H]1NC(=O)NC(=O)COC(=O)c1ccc(Cl)cc1F. The van der Waals surface area contributed by atoms with Gasteiger partial charge in [-0.25, -0.2) is 14.0 Å². The van der Waals surface area contributed by atoms with Crippen LogP contribution in [-0.4, -0.2) is 30.6 Å². The highest BCUT2D eigenvalue weighted by Gasteiger charge is 2.23. The van der Waals surface area contributed by atoms with E-state index in [4.69, 9.17) is 16.3 Å². The Balaban J connectivity index is 1.77. The van der Waals surface area contributed by atoms with E-state index in [2.05, 4.69) is 10.6 Å². The zero-order valence-corrected chi connectivity index (χ0v) is 14.6. The number of esters is 1. The smallest absolute Gasteiger partial charge is 0.341 e. The van der Waals surface area contributed by atoms with Gasteiger partial charge in [0, 0.05) is 11.1 Å². The summed E-state index contributed by atoms with van der Waals surface area (Å²) in [5.74, 6) is -2.29. The van der Waals surface area contributed by atoms with Gasteiger partial charge >= 0.3 is 12.0 Å². The molecule has 1 fully saturated rings. The summed E-state index contributed by atoms with van der Waals surface area (Å²) in [5.41, 5.74) is -0.335. The Hall–Kier alpha value is -2.15. The van der Waals surface area contributed by atoms with E-state index in [1.165, 1.54) is 6.07 Å². The maximum Gasteiger partial charge on any atom is 0.341 e. The first kappa shape index (κ1) is 19.2. The number of hydrogen-bond donors (Lipinski definition) is 2. The highest BCUT2D eigenvalue weighted by atomic mass is 35.5. The lowest BCUT2D eigenvalue weighted by Gasteiger charge is -2.29. The van der Waals surface area contributed by atoms with E-state index in [9.17, 15) is 18.8 Å². The number of hydrogen-bond acceptors (Lipinski definition) is 4. The van der Waals surface area contributed by atoms with Crippen molar-refractivity contribution in [1.29, 1.82) is 0 Å². The fourth-order valence-electron chi connectivity index (χ4n) is 2.76. The van der Waals surface area contributed by atoms with Gasteiger partial charge in [-0.2, -0.15) is 0 Å². The summed E-state index contributed by atoms with van der Waals surface area (Å²) in [6.45, 7) is 1.36. The molecule has 6 nitrogen and oxygen atoms in total. The van der Waals surface area contributed by atoms with Gasteiger partial charge in [0.25, 0.3) is 5.91 Å². The third-order valence-electron chi connectivity index (χ3n) is 4.17. The quantitative estimate of drug-likeness (QED) is 0.798. The minimum atomic E-state index is -1.01. The van der Waals surface area contributed by atoms with Crippen molar-refractivity contribution < 1.29 is 23.5 Å². The number of benzene rings is 1. The third kappa shape index (κ3) is 5.70. The summed E-state index contributed by atoms with van der Waals surface area (Å²) in [5, 5.41) is 4.98. The molecule has 1 aliphatic carbocycles. The van der Waals surface area contributed by atoms with Gasteiger partial charge in [0.2, 0.25) is 0 Å². The predicted molar refractivity (Wildman–Crippen MR) is 89.8 cm³/mol. The number of imide groups is 1. The molecule has 0 aromatic heterocycles. The second-order valence-electron chi connectivity index (χ2n) is 6.09. The molecule has 136 valence electrons. The van der Waals surface area contributed by atoms with Gasteiger partial charge in [-0.1, -0.05) is 31.4 Å². The van der Waals surface area contributed by atoms with E-state index in [0.29, 0.717) is 5.92 Å². The number of nitrogens with one attached hydrogen (secondary N) is 2. The van der Waals surface area contributed by atoms with E-state index in [0.717, 1.165) is 37.8 Å². The lowest BCUT2D eigenvalue weighted by atomic mass is 9.86. The van der Waals surface area contributed by atoms with Gasteiger partial charge in [-0.15, -0.1) is 0 Å². The second-order valence-corrected chi connectivity index (χ2v) is 6.53. The van der Waals surface area contributed by atoms with Crippen LogP contribution in [0.3, 0.4) is 0 Å². The van der Waals surface area contributed by atoms with Crippen LogP contribution in [0.4, 0.5) is 9.18 Å². The Morgan fingerprint density at radius 3 is 2.68 bits per heavy atom. The molecule has 0 aliphatic heterocycles. The van der Waals surface area contributed by atoms with Crippen LogP contribution < -0.4 is 10.6 Å². The van der Waals surface area contributed by atoms with Crippen LogP contribution in [0, 0.1) is 11.7 Å². The summed E-state index contributed by atoms with van der Waals surface area (Å²) < 4.78 is 18.3. The van der Waals surface area contributed by atoms with Crippen molar-refractivity contribution >= 4 is 29.5 Å². The Kier molecular flexibility index (Phi) is 6.75. The molecular formula is C17H20ClFN2O4. The number of urea groups is 1. The summed E-state index contributed by atoms with van der Waals surface area (Å²) in [6, 6.07) is 2.86. The fourth-order valence-corrected chi connectivity index (χ4v) is 2.92. The van der Waals surface area contributed by atoms with Crippen molar-refractivity contribution in [2.45, 2.75) is 38.6 Å². The third-order valence-corrected chi connectivity index (χ3v) is 4.40. The average Bonchev–Trinajstić information content (AvgIpc) is 2.54. The van der Waals surface area contributed by atoms with Crippen molar-refractivity contribution in [2.75, 3.05) is 6.61 Å². The topological polar surface area (TPSA) is 84.5 Å². The van der Waals surface area contributed by atoms with Crippen LogP contribution in [0.25, 0.3) is 0 Å². The molecule has 25 heavy (non-hydrogen) atoms. The summed E-state index contributed by atoms with van der Waals surface area (Å²) in [7, 11) is 0. The summed E-state index contributed by atoms with van der Waals surface area (Å²) in [6.07, 6.45) is 4.07. The lowest BCUT2D eigenvalue weighted by molar-refractivity contribution is -0.123. The zero-order chi connectivity index (χ0) is 18.4. The number of rotatable bonds is 4. The van der Waals surface area contributed by atoms with E-state index < -0.39 is 30.3 Å². The number of amides is 3. The van der Waals surface area contributed by atoms with Crippen molar-refractivity contribution in [3.63, 3.8) is 0 Å². The molecule has 1 saturated carbocycles. The van der Waals surface area contributed by atoms with Gasteiger partial charge < -0.3 is 10.1 Å². The van der Waals surface area contributed by atoms with Crippen molar-refractivity contribution in [3.05, 3.63) is 34.6 Å². The first-order chi connectivity index (χ1) is 11.9. The number of carbonyl (C=O) groups excluding carboxylic acids is 3. The molecule has 0 bridgehead atoms. The molecule has 0 heterocycles. The van der Waals surface area contributed by atoms with Crippen molar-refractivity contribution in [3.8, 4) is 0 Å². The highest BCUT2D eigenvalue weighted by Crippen LogP contribution is 2.23. The summed E-state index contributed by atoms with van der Waals surface area (Å²) >= 11 is 5.60. The molecular weight excluding hydrogens is 351 g/mol. The van der Waals surface area contributed by atoms with Crippen LogP contribution in [0.2, 0.25) is 5.02 Å². The Bertz CT molecular complexity index is 668. The molecule has 3 amide bonds. The molecule has 0 radical (unpaired) electrons. The largest absolute Gasteiger partial charge is 0.452 e. The maximum absolute atomic E-state index is 13.6. The van der Waals surface area contributed by atoms with Gasteiger partial charge in [0.05, 0.1) is 5.56 Å². The van der Waals surface area contributed by atoms with Crippen LogP contribution in [0.1, 0.15) is 43.0 Å². The minimum Gasteiger partial charge on any atom is -0.452 e. The van der Waals surface area contributed by atoms with Crippen LogP contribution in [0.15, 0.2) is 18.2 Å².